The Morgan fingerprint density at radius 1 is 1.31 bits per heavy atom. The van der Waals surface area contributed by atoms with Crippen molar-refractivity contribution in [2.45, 2.75) is 72.6 Å². The van der Waals surface area contributed by atoms with E-state index in [9.17, 15) is 4.79 Å². The van der Waals surface area contributed by atoms with Crippen molar-refractivity contribution in [3.63, 3.8) is 0 Å². The predicted octanol–water partition coefficient (Wildman–Crippen LogP) is 4.60. The average molecular weight is 224 g/mol. The van der Waals surface area contributed by atoms with Gasteiger partial charge >= 0.3 is 0 Å². The summed E-state index contributed by atoms with van der Waals surface area (Å²) in [5, 5.41) is 0. The summed E-state index contributed by atoms with van der Waals surface area (Å²) < 4.78 is 0. The second-order valence-corrected chi connectivity index (χ2v) is 6.50. The van der Waals surface area contributed by atoms with E-state index in [4.69, 9.17) is 0 Å². The lowest BCUT2D eigenvalue weighted by molar-refractivity contribution is -0.125. The van der Waals surface area contributed by atoms with Crippen LogP contribution in [-0.2, 0) is 4.79 Å². The maximum Gasteiger partial charge on any atom is 0.136 e. The minimum Gasteiger partial charge on any atom is -0.299 e. The summed E-state index contributed by atoms with van der Waals surface area (Å²) in [5.41, 5.74) is 0.478. The Morgan fingerprint density at radius 3 is 2.38 bits per heavy atom. The molecule has 0 amide bonds. The van der Waals surface area contributed by atoms with Gasteiger partial charge in [-0.05, 0) is 37.0 Å². The molecule has 0 aliphatic heterocycles. The molecular weight excluding hydrogens is 196 g/mol. The molecule has 1 heteroatoms. The molecule has 1 unspecified atom stereocenters. The fourth-order valence-electron chi connectivity index (χ4n) is 2.83. The molecule has 0 spiro atoms. The molecule has 16 heavy (non-hydrogen) atoms. The van der Waals surface area contributed by atoms with Gasteiger partial charge in [0.25, 0.3) is 0 Å². The third-order valence-electron chi connectivity index (χ3n) is 4.13. The first kappa shape index (κ1) is 13.7. The molecule has 0 saturated heterocycles. The average Bonchev–Trinajstić information content (AvgIpc) is 2.17. The Bertz CT molecular complexity index is 220. The summed E-state index contributed by atoms with van der Waals surface area (Å²) in [5.74, 6) is 1.51. The Labute approximate surface area is 101 Å². The van der Waals surface area contributed by atoms with Crippen LogP contribution in [0.2, 0.25) is 0 Å². The number of carbonyl (C=O) groups is 1. The molecule has 0 aromatic heterocycles. The molecular formula is C15H28O. The SMILES string of the molecule is CCCC(C)CC(=O)C1CCC(C)(C)CC1. The lowest BCUT2D eigenvalue weighted by Crippen LogP contribution is -2.27. The molecule has 94 valence electrons. The van der Waals surface area contributed by atoms with Gasteiger partial charge in [0.1, 0.15) is 5.78 Å². The monoisotopic (exact) mass is 224 g/mol. The molecule has 1 nitrogen and oxygen atoms in total. The first-order chi connectivity index (χ1) is 7.44. The molecule has 0 bridgehead atoms. The van der Waals surface area contributed by atoms with Crippen LogP contribution in [0.5, 0.6) is 0 Å². The highest BCUT2D eigenvalue weighted by molar-refractivity contribution is 5.81. The molecule has 0 aromatic rings. The van der Waals surface area contributed by atoms with Crippen molar-refractivity contribution in [1.82, 2.24) is 0 Å². The molecule has 0 N–H and O–H groups in total. The van der Waals surface area contributed by atoms with Gasteiger partial charge in [-0.2, -0.15) is 0 Å². The summed E-state index contributed by atoms with van der Waals surface area (Å²) in [6.07, 6.45) is 7.93. The summed E-state index contributed by atoms with van der Waals surface area (Å²) in [6.45, 7) is 9.07. The van der Waals surface area contributed by atoms with Crippen molar-refractivity contribution in [1.29, 1.82) is 0 Å². The molecule has 1 aliphatic carbocycles. The van der Waals surface area contributed by atoms with Gasteiger partial charge in [0.15, 0.2) is 0 Å². The number of hydrogen-bond acceptors (Lipinski definition) is 1. The van der Waals surface area contributed by atoms with Gasteiger partial charge in [-0.1, -0.05) is 40.5 Å². The van der Waals surface area contributed by atoms with Crippen molar-refractivity contribution < 1.29 is 4.79 Å². The molecule has 0 heterocycles. The van der Waals surface area contributed by atoms with E-state index < -0.39 is 0 Å². The number of ketones is 1. The standard InChI is InChI=1S/C15H28O/c1-5-6-12(2)11-14(16)13-7-9-15(3,4)10-8-13/h12-13H,5-11H2,1-4H3. The Morgan fingerprint density at radius 2 is 1.88 bits per heavy atom. The van der Waals surface area contributed by atoms with Gasteiger partial charge in [0, 0.05) is 12.3 Å². The summed E-state index contributed by atoms with van der Waals surface area (Å²) in [6, 6.07) is 0. The van der Waals surface area contributed by atoms with Crippen LogP contribution in [0.25, 0.3) is 0 Å². The van der Waals surface area contributed by atoms with Crippen molar-refractivity contribution in [3.8, 4) is 0 Å². The van der Waals surface area contributed by atoms with Gasteiger partial charge in [0.05, 0.1) is 0 Å². The van der Waals surface area contributed by atoms with Crippen LogP contribution in [0.15, 0.2) is 0 Å². The van der Waals surface area contributed by atoms with Crippen LogP contribution in [0.4, 0.5) is 0 Å². The summed E-state index contributed by atoms with van der Waals surface area (Å²) in [4.78, 5) is 12.1. The second kappa shape index (κ2) is 5.84. The van der Waals surface area contributed by atoms with E-state index in [1.165, 1.54) is 25.7 Å². The number of carbonyl (C=O) groups excluding carboxylic acids is 1. The molecule has 0 aromatic carbocycles. The number of rotatable bonds is 5. The molecule has 1 saturated carbocycles. The predicted molar refractivity (Wildman–Crippen MR) is 69.4 cm³/mol. The fraction of sp³-hybridized carbons (Fsp3) is 0.933. The third-order valence-corrected chi connectivity index (χ3v) is 4.13. The largest absolute Gasteiger partial charge is 0.299 e. The van der Waals surface area contributed by atoms with E-state index in [1.807, 2.05) is 0 Å². The third kappa shape index (κ3) is 4.27. The lowest BCUT2D eigenvalue weighted by atomic mass is 9.71. The highest BCUT2D eigenvalue weighted by Gasteiger charge is 2.30. The molecule has 1 aliphatic rings. The summed E-state index contributed by atoms with van der Waals surface area (Å²) >= 11 is 0. The Hall–Kier alpha value is -0.330. The van der Waals surface area contributed by atoms with Crippen LogP contribution in [0.3, 0.4) is 0 Å². The van der Waals surface area contributed by atoms with E-state index in [0.717, 1.165) is 19.3 Å². The first-order valence-corrected chi connectivity index (χ1v) is 6.97. The van der Waals surface area contributed by atoms with Gasteiger partial charge < -0.3 is 0 Å². The van der Waals surface area contributed by atoms with Gasteiger partial charge in [-0.3, -0.25) is 4.79 Å². The highest BCUT2D eigenvalue weighted by atomic mass is 16.1. The minimum atomic E-state index is 0.382. The quantitative estimate of drug-likeness (QED) is 0.667. The zero-order valence-corrected chi connectivity index (χ0v) is 11.5. The van der Waals surface area contributed by atoms with Gasteiger partial charge in [-0.25, -0.2) is 0 Å². The fourth-order valence-corrected chi connectivity index (χ4v) is 2.83. The van der Waals surface area contributed by atoms with E-state index in [1.54, 1.807) is 0 Å². The molecule has 0 radical (unpaired) electrons. The maximum atomic E-state index is 12.1. The topological polar surface area (TPSA) is 17.1 Å². The Kier molecular flexibility index (Phi) is 5.01. The highest BCUT2D eigenvalue weighted by Crippen LogP contribution is 2.38. The van der Waals surface area contributed by atoms with E-state index >= 15 is 0 Å². The van der Waals surface area contributed by atoms with Gasteiger partial charge in [0.2, 0.25) is 0 Å². The lowest BCUT2D eigenvalue weighted by Gasteiger charge is -2.33. The van der Waals surface area contributed by atoms with E-state index in [-0.39, 0.29) is 0 Å². The van der Waals surface area contributed by atoms with E-state index in [2.05, 4.69) is 27.7 Å². The zero-order chi connectivity index (χ0) is 12.2. The van der Waals surface area contributed by atoms with Crippen LogP contribution >= 0.6 is 0 Å². The van der Waals surface area contributed by atoms with Crippen LogP contribution in [0, 0.1) is 17.3 Å². The van der Waals surface area contributed by atoms with Gasteiger partial charge in [-0.15, -0.1) is 0 Å². The smallest absolute Gasteiger partial charge is 0.136 e. The van der Waals surface area contributed by atoms with Crippen molar-refractivity contribution in [3.05, 3.63) is 0 Å². The minimum absolute atomic E-state index is 0.382. The summed E-state index contributed by atoms with van der Waals surface area (Å²) in [7, 11) is 0. The molecule has 1 rings (SSSR count). The molecule has 1 fully saturated rings. The number of hydrogen-bond donors (Lipinski definition) is 0. The van der Waals surface area contributed by atoms with Crippen molar-refractivity contribution >= 4 is 5.78 Å². The second-order valence-electron chi connectivity index (χ2n) is 6.50. The number of Topliss-reactive ketones (excluding diaryl/α,β-unsaturated/α-hetero) is 1. The van der Waals surface area contributed by atoms with Crippen molar-refractivity contribution in [2.24, 2.45) is 17.3 Å². The van der Waals surface area contributed by atoms with Crippen LogP contribution in [-0.4, -0.2) is 5.78 Å². The zero-order valence-electron chi connectivity index (χ0n) is 11.5. The van der Waals surface area contributed by atoms with Crippen molar-refractivity contribution in [2.75, 3.05) is 0 Å². The van der Waals surface area contributed by atoms with Crippen LogP contribution in [0.1, 0.15) is 72.6 Å². The normalized spacial score (nSPS) is 23.0. The van der Waals surface area contributed by atoms with E-state index in [0.29, 0.717) is 23.0 Å². The van der Waals surface area contributed by atoms with Crippen LogP contribution < -0.4 is 0 Å². The first-order valence-electron chi connectivity index (χ1n) is 6.97. The Balaban J connectivity index is 2.33. The molecule has 1 atom stereocenters. The maximum absolute atomic E-state index is 12.1.